The van der Waals surface area contributed by atoms with Gasteiger partial charge in [0, 0.05) is 6.04 Å². The van der Waals surface area contributed by atoms with E-state index < -0.39 is 5.41 Å². The van der Waals surface area contributed by atoms with Gasteiger partial charge in [-0.2, -0.15) is 0 Å². The van der Waals surface area contributed by atoms with E-state index in [-0.39, 0.29) is 17.8 Å². The molecule has 1 amide bonds. The highest BCUT2D eigenvalue weighted by Gasteiger charge is 2.44. The van der Waals surface area contributed by atoms with E-state index in [0.29, 0.717) is 18.8 Å². The second-order valence-corrected chi connectivity index (χ2v) is 6.25. The number of oxime groups is 1. The number of hydrogen-bond acceptors (Lipinski definition) is 3. The average molecular weight is 283 g/mol. The predicted octanol–water partition coefficient (Wildman–Crippen LogP) is 2.62. The van der Waals surface area contributed by atoms with Crippen LogP contribution < -0.4 is 11.1 Å². The Morgan fingerprint density at radius 2 is 1.95 bits per heavy atom. The second kappa shape index (κ2) is 7.50. The van der Waals surface area contributed by atoms with Crippen molar-refractivity contribution < 1.29 is 10.0 Å². The number of nitrogens with two attached hydrogens (primary N) is 1. The van der Waals surface area contributed by atoms with Crippen LogP contribution in [0.4, 0.5) is 0 Å². The van der Waals surface area contributed by atoms with E-state index in [4.69, 9.17) is 10.9 Å². The molecular weight excluding hydrogens is 254 g/mol. The number of amidine groups is 1. The topological polar surface area (TPSA) is 87.7 Å². The molecule has 5 nitrogen and oxygen atoms in total. The largest absolute Gasteiger partial charge is 0.409 e. The zero-order valence-electron chi connectivity index (χ0n) is 13.0. The molecule has 0 spiro atoms. The molecule has 0 saturated heterocycles. The molecule has 1 aliphatic carbocycles. The summed E-state index contributed by atoms with van der Waals surface area (Å²) in [5, 5.41) is 15.2. The van der Waals surface area contributed by atoms with Crippen LogP contribution in [0.3, 0.4) is 0 Å². The Morgan fingerprint density at radius 3 is 2.45 bits per heavy atom. The first-order chi connectivity index (χ1) is 9.46. The minimum atomic E-state index is -0.809. The van der Waals surface area contributed by atoms with E-state index in [2.05, 4.69) is 24.3 Å². The number of amides is 1. The number of nitrogens with one attached hydrogen (secondary N) is 1. The molecule has 20 heavy (non-hydrogen) atoms. The minimum Gasteiger partial charge on any atom is -0.409 e. The summed E-state index contributed by atoms with van der Waals surface area (Å²) < 4.78 is 0. The van der Waals surface area contributed by atoms with Crippen LogP contribution in [0.5, 0.6) is 0 Å². The van der Waals surface area contributed by atoms with Crippen LogP contribution in [0.1, 0.15) is 65.7 Å². The van der Waals surface area contributed by atoms with Gasteiger partial charge in [0.1, 0.15) is 5.41 Å². The van der Waals surface area contributed by atoms with Gasteiger partial charge in [-0.25, -0.2) is 0 Å². The highest BCUT2D eigenvalue weighted by molar-refractivity contribution is 6.06. The number of carbonyl (C=O) groups excluding carboxylic acids is 1. The lowest BCUT2D eigenvalue weighted by Crippen LogP contribution is -2.53. The van der Waals surface area contributed by atoms with Gasteiger partial charge >= 0.3 is 0 Å². The standard InChI is InChI=1S/C15H29N3O2/c1-4-11(2)10-12(3)17-14(19)15(13(16)18-20)8-6-5-7-9-15/h11-12,20H,4-10H2,1-3H3,(H2,16,18)(H,17,19). The fraction of sp³-hybridized carbons (Fsp3) is 0.867. The van der Waals surface area contributed by atoms with Crippen LogP contribution in [0.15, 0.2) is 5.16 Å². The van der Waals surface area contributed by atoms with Crippen molar-refractivity contribution in [3.05, 3.63) is 0 Å². The summed E-state index contributed by atoms with van der Waals surface area (Å²) in [6.07, 6.45) is 6.40. The van der Waals surface area contributed by atoms with Crippen molar-refractivity contribution in [1.82, 2.24) is 5.32 Å². The van der Waals surface area contributed by atoms with Crippen LogP contribution in [0.25, 0.3) is 0 Å². The van der Waals surface area contributed by atoms with Gasteiger partial charge < -0.3 is 16.3 Å². The van der Waals surface area contributed by atoms with Crippen molar-refractivity contribution in [2.24, 2.45) is 22.2 Å². The van der Waals surface area contributed by atoms with Gasteiger partial charge in [-0.3, -0.25) is 4.79 Å². The molecule has 0 aliphatic heterocycles. The van der Waals surface area contributed by atoms with Gasteiger partial charge in [0.05, 0.1) is 0 Å². The first-order valence-electron chi connectivity index (χ1n) is 7.75. The maximum atomic E-state index is 12.6. The van der Waals surface area contributed by atoms with Gasteiger partial charge in [0.25, 0.3) is 0 Å². The Kier molecular flexibility index (Phi) is 6.30. The van der Waals surface area contributed by atoms with Gasteiger partial charge in [-0.05, 0) is 32.1 Å². The molecule has 1 aliphatic rings. The summed E-state index contributed by atoms with van der Waals surface area (Å²) >= 11 is 0. The van der Waals surface area contributed by atoms with Crippen molar-refractivity contribution in [2.75, 3.05) is 0 Å². The summed E-state index contributed by atoms with van der Waals surface area (Å²) in [5.41, 5.74) is 5.02. The van der Waals surface area contributed by atoms with E-state index >= 15 is 0 Å². The average Bonchev–Trinajstić information content (AvgIpc) is 2.46. The van der Waals surface area contributed by atoms with Crippen LogP contribution in [-0.2, 0) is 4.79 Å². The van der Waals surface area contributed by atoms with Gasteiger partial charge in [0.15, 0.2) is 5.84 Å². The molecular formula is C15H29N3O2. The predicted molar refractivity (Wildman–Crippen MR) is 80.6 cm³/mol. The zero-order chi connectivity index (χ0) is 15.2. The highest BCUT2D eigenvalue weighted by Crippen LogP contribution is 2.37. The minimum absolute atomic E-state index is 0.0606. The SMILES string of the molecule is CCC(C)CC(C)NC(=O)C1(C(N)=NO)CCCCC1. The molecule has 1 rings (SSSR count). The number of hydrogen-bond donors (Lipinski definition) is 3. The summed E-state index contributed by atoms with van der Waals surface area (Å²) in [5.74, 6) is 0.560. The van der Waals surface area contributed by atoms with E-state index in [9.17, 15) is 4.79 Å². The molecule has 0 aromatic rings. The summed E-state index contributed by atoms with van der Waals surface area (Å²) in [4.78, 5) is 12.6. The van der Waals surface area contributed by atoms with Crippen LogP contribution in [-0.4, -0.2) is 23.0 Å². The fourth-order valence-electron chi connectivity index (χ4n) is 3.04. The van der Waals surface area contributed by atoms with Crippen molar-refractivity contribution in [3.63, 3.8) is 0 Å². The second-order valence-electron chi connectivity index (χ2n) is 6.25. The lowest BCUT2D eigenvalue weighted by molar-refractivity contribution is -0.129. The van der Waals surface area contributed by atoms with Gasteiger partial charge in [-0.15, -0.1) is 0 Å². The molecule has 2 unspecified atom stereocenters. The Hall–Kier alpha value is -1.26. The summed E-state index contributed by atoms with van der Waals surface area (Å²) in [6, 6.07) is 0.114. The molecule has 0 aromatic heterocycles. The molecule has 0 radical (unpaired) electrons. The van der Waals surface area contributed by atoms with E-state index in [1.165, 1.54) is 0 Å². The fourth-order valence-corrected chi connectivity index (χ4v) is 3.04. The molecule has 1 fully saturated rings. The van der Waals surface area contributed by atoms with Crippen LogP contribution in [0.2, 0.25) is 0 Å². The number of carbonyl (C=O) groups is 1. The van der Waals surface area contributed by atoms with E-state index in [0.717, 1.165) is 32.1 Å². The lowest BCUT2D eigenvalue weighted by atomic mass is 9.72. The van der Waals surface area contributed by atoms with Crippen LogP contribution in [0, 0.1) is 11.3 Å². The lowest BCUT2D eigenvalue weighted by Gasteiger charge is -2.35. The Labute approximate surface area is 122 Å². The molecule has 5 heteroatoms. The Balaban J connectivity index is 2.74. The van der Waals surface area contributed by atoms with E-state index in [1.54, 1.807) is 0 Å². The third-order valence-corrected chi connectivity index (χ3v) is 4.57. The monoisotopic (exact) mass is 283 g/mol. The third kappa shape index (κ3) is 3.87. The highest BCUT2D eigenvalue weighted by atomic mass is 16.4. The van der Waals surface area contributed by atoms with E-state index in [1.807, 2.05) is 6.92 Å². The molecule has 0 aromatic carbocycles. The van der Waals surface area contributed by atoms with Gasteiger partial charge in [0.2, 0.25) is 5.91 Å². The van der Waals surface area contributed by atoms with Crippen molar-refractivity contribution >= 4 is 11.7 Å². The molecule has 116 valence electrons. The van der Waals surface area contributed by atoms with Crippen LogP contribution >= 0.6 is 0 Å². The van der Waals surface area contributed by atoms with Crippen molar-refractivity contribution in [2.45, 2.75) is 71.8 Å². The maximum absolute atomic E-state index is 12.6. The molecule has 2 atom stereocenters. The number of rotatable bonds is 6. The maximum Gasteiger partial charge on any atom is 0.234 e. The Morgan fingerprint density at radius 1 is 1.35 bits per heavy atom. The van der Waals surface area contributed by atoms with Gasteiger partial charge in [-0.1, -0.05) is 44.7 Å². The Bertz CT molecular complexity index is 349. The quantitative estimate of drug-likeness (QED) is 0.303. The molecule has 0 bridgehead atoms. The first kappa shape index (κ1) is 16.8. The molecule has 1 saturated carbocycles. The summed E-state index contributed by atoms with van der Waals surface area (Å²) in [6.45, 7) is 6.35. The van der Waals surface area contributed by atoms with Crippen molar-refractivity contribution in [1.29, 1.82) is 0 Å². The smallest absolute Gasteiger partial charge is 0.234 e. The zero-order valence-corrected chi connectivity index (χ0v) is 13.0. The summed E-state index contributed by atoms with van der Waals surface area (Å²) in [7, 11) is 0. The third-order valence-electron chi connectivity index (χ3n) is 4.57. The first-order valence-corrected chi connectivity index (χ1v) is 7.75. The number of nitrogens with zero attached hydrogens (tertiary/aromatic N) is 1. The normalized spacial score (nSPS) is 22.1. The molecule has 0 heterocycles. The molecule has 4 N–H and O–H groups in total. The van der Waals surface area contributed by atoms with Crippen molar-refractivity contribution in [3.8, 4) is 0 Å².